The lowest BCUT2D eigenvalue weighted by Crippen LogP contribution is -2.32. The fraction of sp³-hybridized carbons (Fsp3) is 0.615. The van der Waals surface area contributed by atoms with Crippen LogP contribution in [-0.4, -0.2) is 48.0 Å². The third-order valence-corrected chi connectivity index (χ3v) is 3.37. The molecule has 5 heteroatoms. The van der Waals surface area contributed by atoms with Crippen LogP contribution in [0.3, 0.4) is 0 Å². The summed E-state index contributed by atoms with van der Waals surface area (Å²) in [6, 6.07) is 2.02. The summed E-state index contributed by atoms with van der Waals surface area (Å²) in [5.41, 5.74) is 1.04. The molecule has 0 N–H and O–H groups in total. The molecule has 0 radical (unpaired) electrons. The van der Waals surface area contributed by atoms with E-state index in [1.54, 1.807) is 11.2 Å². The Bertz CT molecular complexity index is 433. The van der Waals surface area contributed by atoms with E-state index >= 15 is 0 Å². The summed E-state index contributed by atoms with van der Waals surface area (Å²) >= 11 is 0. The van der Waals surface area contributed by atoms with Gasteiger partial charge >= 0.3 is 0 Å². The highest BCUT2D eigenvalue weighted by Gasteiger charge is 2.29. The highest BCUT2D eigenvalue weighted by atomic mass is 16.2. The van der Waals surface area contributed by atoms with Crippen molar-refractivity contribution in [2.45, 2.75) is 19.8 Å². The van der Waals surface area contributed by atoms with Crippen LogP contribution in [0, 0.1) is 5.92 Å². The van der Waals surface area contributed by atoms with Gasteiger partial charge in [-0.15, -0.1) is 0 Å². The van der Waals surface area contributed by atoms with Crippen molar-refractivity contribution >= 4 is 11.7 Å². The molecule has 1 aliphatic heterocycles. The molecule has 1 saturated heterocycles. The van der Waals surface area contributed by atoms with Gasteiger partial charge in [0.05, 0.1) is 5.92 Å². The number of carbonyl (C=O) groups excluding carboxylic acids is 1. The highest BCUT2D eigenvalue weighted by Crippen LogP contribution is 2.23. The monoisotopic (exact) mass is 248 g/mol. The Balaban J connectivity index is 2.06. The van der Waals surface area contributed by atoms with Gasteiger partial charge in [-0.1, -0.05) is 6.92 Å². The molecule has 0 spiro atoms. The Morgan fingerprint density at radius 3 is 2.94 bits per heavy atom. The molecule has 0 aromatic carbocycles. The SMILES string of the molecule is CCc1cc(N2CCC(C(=O)N(C)C)C2)ncn1. The van der Waals surface area contributed by atoms with E-state index in [4.69, 9.17) is 0 Å². The van der Waals surface area contributed by atoms with E-state index in [0.29, 0.717) is 0 Å². The van der Waals surface area contributed by atoms with Crippen molar-refractivity contribution in [3.05, 3.63) is 18.1 Å². The van der Waals surface area contributed by atoms with E-state index < -0.39 is 0 Å². The van der Waals surface area contributed by atoms with Crippen molar-refractivity contribution in [3.63, 3.8) is 0 Å². The minimum absolute atomic E-state index is 0.0973. The zero-order valence-corrected chi connectivity index (χ0v) is 11.3. The molecule has 1 unspecified atom stereocenters. The first-order valence-corrected chi connectivity index (χ1v) is 6.39. The number of aromatic nitrogens is 2. The van der Waals surface area contributed by atoms with Crippen molar-refractivity contribution in [2.24, 2.45) is 5.92 Å². The Kier molecular flexibility index (Phi) is 3.79. The maximum Gasteiger partial charge on any atom is 0.227 e. The second kappa shape index (κ2) is 5.33. The lowest BCUT2D eigenvalue weighted by Gasteiger charge is -2.19. The summed E-state index contributed by atoms with van der Waals surface area (Å²) in [6.45, 7) is 3.73. The van der Waals surface area contributed by atoms with Crippen LogP contribution < -0.4 is 4.90 Å². The van der Waals surface area contributed by atoms with Crippen LogP contribution in [0.15, 0.2) is 12.4 Å². The predicted molar refractivity (Wildman–Crippen MR) is 70.4 cm³/mol. The molecule has 1 aliphatic rings. The summed E-state index contributed by atoms with van der Waals surface area (Å²) < 4.78 is 0. The van der Waals surface area contributed by atoms with E-state index in [0.717, 1.165) is 37.4 Å². The molecule has 0 aliphatic carbocycles. The van der Waals surface area contributed by atoms with Crippen LogP contribution in [0.25, 0.3) is 0 Å². The summed E-state index contributed by atoms with van der Waals surface area (Å²) in [4.78, 5) is 24.3. The van der Waals surface area contributed by atoms with Crippen molar-refractivity contribution < 1.29 is 4.79 Å². The van der Waals surface area contributed by atoms with Gasteiger partial charge in [-0.2, -0.15) is 0 Å². The van der Waals surface area contributed by atoms with Gasteiger partial charge in [0.2, 0.25) is 5.91 Å². The number of anilines is 1. The van der Waals surface area contributed by atoms with Gasteiger partial charge < -0.3 is 9.80 Å². The van der Waals surface area contributed by atoms with Crippen LogP contribution in [-0.2, 0) is 11.2 Å². The molecule has 2 rings (SSSR count). The molecular formula is C13H20N4O. The van der Waals surface area contributed by atoms with Crippen LogP contribution in [0.4, 0.5) is 5.82 Å². The number of carbonyl (C=O) groups is 1. The molecule has 98 valence electrons. The Morgan fingerprint density at radius 2 is 2.28 bits per heavy atom. The van der Waals surface area contributed by atoms with E-state index in [2.05, 4.69) is 21.8 Å². The fourth-order valence-corrected chi connectivity index (χ4v) is 2.29. The molecule has 0 saturated carbocycles. The summed E-state index contributed by atoms with van der Waals surface area (Å²) in [6.07, 6.45) is 3.42. The summed E-state index contributed by atoms with van der Waals surface area (Å²) in [5.74, 6) is 1.25. The fourth-order valence-electron chi connectivity index (χ4n) is 2.29. The molecule has 0 bridgehead atoms. The number of aryl methyl sites for hydroxylation is 1. The van der Waals surface area contributed by atoms with Gasteiger partial charge in [-0.05, 0) is 12.8 Å². The van der Waals surface area contributed by atoms with Crippen molar-refractivity contribution in [1.82, 2.24) is 14.9 Å². The summed E-state index contributed by atoms with van der Waals surface area (Å²) in [5, 5.41) is 0. The smallest absolute Gasteiger partial charge is 0.227 e. The first-order valence-electron chi connectivity index (χ1n) is 6.39. The van der Waals surface area contributed by atoms with Crippen LogP contribution >= 0.6 is 0 Å². The molecule has 1 fully saturated rings. The molecule has 1 atom stereocenters. The van der Waals surface area contributed by atoms with Gasteiger partial charge in [0, 0.05) is 38.9 Å². The van der Waals surface area contributed by atoms with E-state index in [-0.39, 0.29) is 11.8 Å². The number of amides is 1. The van der Waals surface area contributed by atoms with Gasteiger partial charge in [-0.25, -0.2) is 9.97 Å². The number of hydrogen-bond acceptors (Lipinski definition) is 4. The first-order chi connectivity index (χ1) is 8.61. The lowest BCUT2D eigenvalue weighted by molar-refractivity contribution is -0.132. The van der Waals surface area contributed by atoms with Gasteiger partial charge in [0.15, 0.2) is 0 Å². The normalized spacial score (nSPS) is 19.1. The minimum Gasteiger partial charge on any atom is -0.356 e. The van der Waals surface area contributed by atoms with E-state index in [1.807, 2.05) is 20.2 Å². The lowest BCUT2D eigenvalue weighted by atomic mass is 10.1. The highest BCUT2D eigenvalue weighted by molar-refractivity contribution is 5.79. The van der Waals surface area contributed by atoms with E-state index in [9.17, 15) is 4.79 Å². The maximum atomic E-state index is 11.9. The second-order valence-corrected chi connectivity index (χ2v) is 4.89. The van der Waals surface area contributed by atoms with Gasteiger partial charge in [-0.3, -0.25) is 4.79 Å². The van der Waals surface area contributed by atoms with Crippen molar-refractivity contribution in [2.75, 3.05) is 32.1 Å². The Morgan fingerprint density at radius 1 is 1.50 bits per heavy atom. The molecule has 2 heterocycles. The Labute approximate surface area is 108 Å². The molecule has 18 heavy (non-hydrogen) atoms. The quantitative estimate of drug-likeness (QED) is 0.799. The molecule has 1 amide bonds. The van der Waals surface area contributed by atoms with Crippen LogP contribution in [0.1, 0.15) is 19.0 Å². The molecular weight excluding hydrogens is 228 g/mol. The van der Waals surface area contributed by atoms with Crippen LogP contribution in [0.5, 0.6) is 0 Å². The summed E-state index contributed by atoms with van der Waals surface area (Å²) in [7, 11) is 3.62. The molecule has 5 nitrogen and oxygen atoms in total. The zero-order chi connectivity index (χ0) is 13.1. The van der Waals surface area contributed by atoms with Crippen LogP contribution in [0.2, 0.25) is 0 Å². The first kappa shape index (κ1) is 12.8. The number of nitrogens with zero attached hydrogens (tertiary/aromatic N) is 4. The van der Waals surface area contributed by atoms with Crippen molar-refractivity contribution in [1.29, 1.82) is 0 Å². The average molecular weight is 248 g/mol. The van der Waals surface area contributed by atoms with Crippen molar-refractivity contribution in [3.8, 4) is 0 Å². The van der Waals surface area contributed by atoms with Gasteiger partial charge in [0.1, 0.15) is 12.1 Å². The predicted octanol–water partition coefficient (Wildman–Crippen LogP) is 0.953. The standard InChI is InChI=1S/C13H20N4O/c1-4-11-7-12(15-9-14-11)17-6-5-10(8-17)13(18)16(2)3/h7,9-10H,4-6,8H2,1-3H3. The largest absolute Gasteiger partial charge is 0.356 e. The zero-order valence-electron chi connectivity index (χ0n) is 11.3. The van der Waals surface area contributed by atoms with Gasteiger partial charge in [0.25, 0.3) is 0 Å². The number of hydrogen-bond donors (Lipinski definition) is 0. The number of rotatable bonds is 3. The van der Waals surface area contributed by atoms with E-state index in [1.165, 1.54) is 0 Å². The topological polar surface area (TPSA) is 49.3 Å². The maximum absolute atomic E-state index is 11.9. The minimum atomic E-state index is 0.0973. The third-order valence-electron chi connectivity index (χ3n) is 3.37. The average Bonchev–Trinajstić information content (AvgIpc) is 2.87. The second-order valence-electron chi connectivity index (χ2n) is 4.89. The Hall–Kier alpha value is -1.65. The third kappa shape index (κ3) is 2.60. The molecule has 1 aromatic heterocycles. The molecule has 1 aromatic rings.